The lowest BCUT2D eigenvalue weighted by atomic mass is 10.0. The topological polar surface area (TPSA) is 150 Å². The van der Waals surface area contributed by atoms with Crippen molar-refractivity contribution in [1.29, 1.82) is 5.41 Å². The normalized spacial score (nSPS) is 22.1. The van der Waals surface area contributed by atoms with Gasteiger partial charge in [-0.1, -0.05) is 44.9 Å². The van der Waals surface area contributed by atoms with Crippen molar-refractivity contribution in [2.24, 2.45) is 16.1 Å². The first kappa shape index (κ1) is 27.0. The Labute approximate surface area is 221 Å². The third kappa shape index (κ3) is 4.57. The van der Waals surface area contributed by atoms with Gasteiger partial charge in [0.05, 0.1) is 22.7 Å². The van der Waals surface area contributed by atoms with Gasteiger partial charge in [-0.3, -0.25) is 14.6 Å². The molecule has 9 heteroatoms. The largest absolute Gasteiger partial charge is 0.398 e. The number of carbonyl (C=O) groups excluding carboxylic acids is 2. The van der Waals surface area contributed by atoms with Gasteiger partial charge >= 0.3 is 0 Å². The molecule has 2 fully saturated rings. The standard InChI is InChI=1S/C25H25FN6O2.C4H10/c1-12(22(29)33)20-21(19-15(9-27)16(28)7-8-18(19)31-20)30-13(2)14-5-3-4-6-17(14)32-23(34)24-10-25(24,26)11-24;1-3-4-2/h3-9,12,27,31H,10-11,28H2,1-2H3,(H2,29,33)(H,32,34);3-4H2,1-2H3. The molecule has 2 aliphatic rings. The number of nitrogens with two attached hydrogens (primary N) is 2. The maximum atomic E-state index is 14.1. The highest BCUT2D eigenvalue weighted by Gasteiger charge is 2.89. The van der Waals surface area contributed by atoms with Crippen LogP contribution in [-0.2, 0) is 9.59 Å². The van der Waals surface area contributed by atoms with E-state index in [2.05, 4.69) is 24.1 Å². The van der Waals surface area contributed by atoms with Crippen molar-refractivity contribution in [1.82, 2.24) is 4.98 Å². The average molecular weight is 519 g/mol. The highest BCUT2D eigenvalue weighted by molar-refractivity contribution is 6.14. The minimum Gasteiger partial charge on any atom is -0.398 e. The highest BCUT2D eigenvalue weighted by Crippen LogP contribution is 2.81. The van der Waals surface area contributed by atoms with Crippen LogP contribution in [0, 0.1) is 10.8 Å². The van der Waals surface area contributed by atoms with Gasteiger partial charge in [0.15, 0.2) is 0 Å². The lowest BCUT2D eigenvalue weighted by Crippen LogP contribution is -2.20. The van der Waals surface area contributed by atoms with E-state index < -0.39 is 22.9 Å². The molecule has 38 heavy (non-hydrogen) atoms. The molecular weight excluding hydrogens is 483 g/mol. The van der Waals surface area contributed by atoms with Crippen LogP contribution in [0.4, 0.5) is 21.5 Å². The molecule has 7 N–H and O–H groups in total. The van der Waals surface area contributed by atoms with Crippen LogP contribution < -0.4 is 16.8 Å². The monoisotopic (exact) mass is 518 g/mol. The number of anilines is 2. The Morgan fingerprint density at radius 2 is 1.84 bits per heavy atom. The molecule has 200 valence electrons. The fraction of sp³-hybridized carbons (Fsp3) is 0.379. The van der Waals surface area contributed by atoms with E-state index in [4.69, 9.17) is 21.9 Å². The number of primary amides is 1. The highest BCUT2D eigenvalue weighted by atomic mass is 19.1. The maximum Gasteiger partial charge on any atom is 0.234 e. The summed E-state index contributed by atoms with van der Waals surface area (Å²) < 4.78 is 14.1. The number of aliphatic imine (C=N–C) groups is 1. The Kier molecular flexibility index (Phi) is 7.14. The summed E-state index contributed by atoms with van der Waals surface area (Å²) in [5.41, 5.74) is 13.8. The second-order valence-corrected chi connectivity index (χ2v) is 10.2. The molecule has 8 nitrogen and oxygen atoms in total. The zero-order valence-electron chi connectivity index (χ0n) is 22.2. The number of aromatic nitrogens is 1. The fourth-order valence-electron chi connectivity index (χ4n) is 4.62. The number of amides is 2. The average Bonchev–Trinajstić information content (AvgIpc) is 3.64. The first-order valence-corrected chi connectivity index (χ1v) is 12.9. The fourth-order valence-corrected chi connectivity index (χ4v) is 4.62. The van der Waals surface area contributed by atoms with Crippen molar-refractivity contribution in [2.45, 2.75) is 65.0 Å². The number of aromatic amines is 1. The van der Waals surface area contributed by atoms with Gasteiger partial charge in [-0.25, -0.2) is 4.39 Å². The van der Waals surface area contributed by atoms with E-state index in [-0.39, 0.29) is 18.7 Å². The molecule has 5 rings (SSSR count). The van der Waals surface area contributed by atoms with E-state index >= 15 is 0 Å². The molecule has 0 aliphatic heterocycles. The Hall–Kier alpha value is -4.01. The molecule has 2 saturated carbocycles. The number of halogens is 1. The molecular formula is C29H35FN6O2. The lowest BCUT2D eigenvalue weighted by molar-refractivity contribution is -0.120. The minimum atomic E-state index is -1.33. The molecule has 0 saturated heterocycles. The molecule has 2 amide bonds. The molecule has 2 aromatic carbocycles. The van der Waals surface area contributed by atoms with Crippen LogP contribution in [0.5, 0.6) is 0 Å². The summed E-state index contributed by atoms with van der Waals surface area (Å²) in [4.78, 5) is 32.7. The van der Waals surface area contributed by atoms with Crippen LogP contribution in [0.2, 0.25) is 0 Å². The number of fused-ring (bicyclic) bond motifs is 2. The number of unbranched alkanes of at least 4 members (excludes halogenated alkanes) is 1. The number of nitrogens with zero attached hydrogens (tertiary/aromatic N) is 1. The molecule has 1 atom stereocenters. The van der Waals surface area contributed by atoms with Gasteiger partial charge in [-0.05, 0) is 32.0 Å². The Bertz CT molecular complexity index is 1450. The van der Waals surface area contributed by atoms with E-state index in [1.54, 1.807) is 38.1 Å². The number of hydrogen-bond donors (Lipinski definition) is 5. The van der Waals surface area contributed by atoms with Gasteiger partial charge in [-0.15, -0.1) is 0 Å². The summed E-state index contributed by atoms with van der Waals surface area (Å²) in [6.07, 6.45) is 4.34. The summed E-state index contributed by atoms with van der Waals surface area (Å²) in [7, 11) is 0. The van der Waals surface area contributed by atoms with E-state index in [1.165, 1.54) is 12.8 Å². The number of hydrogen-bond acceptors (Lipinski definition) is 5. The predicted octanol–water partition coefficient (Wildman–Crippen LogP) is 5.72. The maximum absolute atomic E-state index is 14.1. The summed E-state index contributed by atoms with van der Waals surface area (Å²) in [6.45, 7) is 7.82. The van der Waals surface area contributed by atoms with Crippen molar-refractivity contribution in [3.63, 3.8) is 0 Å². The number of rotatable bonds is 8. The second-order valence-electron chi connectivity index (χ2n) is 10.2. The van der Waals surface area contributed by atoms with E-state index in [0.717, 1.165) is 6.21 Å². The summed E-state index contributed by atoms with van der Waals surface area (Å²) in [6, 6.07) is 10.6. The van der Waals surface area contributed by atoms with Crippen LogP contribution in [0.3, 0.4) is 0 Å². The molecule has 0 spiro atoms. The molecule has 1 heterocycles. The third-order valence-electron chi connectivity index (χ3n) is 7.60. The molecule has 0 radical (unpaired) electrons. The second kappa shape index (κ2) is 10.0. The van der Waals surface area contributed by atoms with Crippen molar-refractivity contribution in [3.8, 4) is 0 Å². The molecule has 1 unspecified atom stereocenters. The number of nitrogens with one attached hydrogen (secondary N) is 3. The SMILES string of the molecule is CC(=Nc1c(C(C)C(N)=O)[nH]c2ccc(N)c(C=N)c12)c1ccccc1NC(=O)C12CC1(F)C2.CCCC. The third-order valence-corrected chi connectivity index (χ3v) is 7.60. The minimum absolute atomic E-state index is 0.276. The van der Waals surface area contributed by atoms with Gasteiger partial charge in [0.1, 0.15) is 5.67 Å². The van der Waals surface area contributed by atoms with E-state index in [9.17, 15) is 14.0 Å². The predicted molar refractivity (Wildman–Crippen MR) is 151 cm³/mol. The Morgan fingerprint density at radius 1 is 1.21 bits per heavy atom. The van der Waals surface area contributed by atoms with Gasteiger partial charge in [0.25, 0.3) is 0 Å². The molecule has 3 aromatic rings. The Morgan fingerprint density at radius 3 is 2.39 bits per heavy atom. The van der Waals surface area contributed by atoms with Crippen molar-refractivity contribution < 1.29 is 14.0 Å². The van der Waals surface area contributed by atoms with Crippen LogP contribution in [0.25, 0.3) is 10.9 Å². The number of nitrogen functional groups attached to an aromatic ring is 1. The van der Waals surface area contributed by atoms with Gasteiger partial charge < -0.3 is 27.2 Å². The molecule has 0 bridgehead atoms. The zero-order chi connectivity index (χ0) is 27.8. The van der Waals surface area contributed by atoms with Gasteiger partial charge in [0, 0.05) is 58.2 Å². The van der Waals surface area contributed by atoms with Gasteiger partial charge in [-0.2, -0.15) is 0 Å². The van der Waals surface area contributed by atoms with Crippen LogP contribution in [0.1, 0.15) is 76.1 Å². The van der Waals surface area contributed by atoms with E-state index in [1.807, 2.05) is 12.1 Å². The van der Waals surface area contributed by atoms with Crippen molar-refractivity contribution in [2.75, 3.05) is 11.1 Å². The molecule has 1 aromatic heterocycles. The number of para-hydroxylation sites is 1. The number of benzene rings is 2. The van der Waals surface area contributed by atoms with Crippen molar-refractivity contribution >= 4 is 51.7 Å². The summed E-state index contributed by atoms with van der Waals surface area (Å²) in [5, 5.41) is 11.3. The summed E-state index contributed by atoms with van der Waals surface area (Å²) in [5.74, 6) is -1.51. The Balaban J connectivity index is 0.000000786. The first-order chi connectivity index (χ1) is 18.0. The number of H-pyrrole nitrogens is 1. The molecule has 2 aliphatic carbocycles. The van der Waals surface area contributed by atoms with Crippen LogP contribution in [-0.4, -0.2) is 34.4 Å². The number of carbonyl (C=O) groups is 2. The first-order valence-electron chi connectivity index (χ1n) is 12.9. The lowest BCUT2D eigenvalue weighted by Gasteiger charge is -2.13. The quantitative estimate of drug-likeness (QED) is 0.191. The van der Waals surface area contributed by atoms with Crippen LogP contribution in [0.15, 0.2) is 41.4 Å². The van der Waals surface area contributed by atoms with Gasteiger partial charge in [0.2, 0.25) is 11.8 Å². The smallest absolute Gasteiger partial charge is 0.234 e. The van der Waals surface area contributed by atoms with Crippen LogP contribution >= 0.6 is 0 Å². The van der Waals surface area contributed by atoms with Crippen molar-refractivity contribution in [3.05, 3.63) is 53.2 Å². The number of alkyl halides is 1. The van der Waals surface area contributed by atoms with E-state index in [0.29, 0.717) is 50.5 Å². The summed E-state index contributed by atoms with van der Waals surface area (Å²) >= 11 is 0. The zero-order valence-corrected chi connectivity index (χ0v) is 22.2.